The van der Waals surface area contributed by atoms with E-state index >= 15 is 0 Å². The molecule has 5 N–H and O–H groups in total. The molecule has 1 aromatic carbocycles. The predicted octanol–water partition coefficient (Wildman–Crippen LogP) is 1.35. The molecule has 2 fully saturated rings. The maximum absolute atomic E-state index is 12.7. The van der Waals surface area contributed by atoms with Crippen LogP contribution in [0.2, 0.25) is 0 Å². The monoisotopic (exact) mass is 524 g/mol. The van der Waals surface area contributed by atoms with Crippen LogP contribution in [0.25, 0.3) is 5.69 Å². The number of nitrogens with two attached hydrogens (primary N) is 2. The van der Waals surface area contributed by atoms with Gasteiger partial charge in [-0.25, -0.2) is 9.59 Å². The average molecular weight is 525 g/mol. The molecule has 1 atom stereocenters. The third kappa shape index (κ3) is 6.97. The number of anilines is 1. The molecular formula is C27H40N8O3. The van der Waals surface area contributed by atoms with Crippen molar-refractivity contribution in [2.45, 2.75) is 57.7 Å². The SMILES string of the molecule is CC1(N)CCCN(Cc2ccc(-n3ccc(NC(=O)N4CCN(C(=O)C(C)(C)N)CC4)nc3=O)cc2)CC1. The van der Waals surface area contributed by atoms with Crippen molar-refractivity contribution in [3.8, 4) is 5.69 Å². The summed E-state index contributed by atoms with van der Waals surface area (Å²) in [6.07, 6.45) is 4.73. The molecule has 0 spiro atoms. The second kappa shape index (κ2) is 11.2. The lowest BCUT2D eigenvalue weighted by molar-refractivity contribution is -0.137. The van der Waals surface area contributed by atoms with Gasteiger partial charge < -0.3 is 21.3 Å². The zero-order valence-corrected chi connectivity index (χ0v) is 22.7. The fourth-order valence-corrected chi connectivity index (χ4v) is 4.91. The highest BCUT2D eigenvalue weighted by Gasteiger charge is 2.31. The van der Waals surface area contributed by atoms with Gasteiger partial charge in [0.25, 0.3) is 0 Å². The molecule has 2 aromatic rings. The lowest BCUT2D eigenvalue weighted by atomic mass is 9.95. The maximum atomic E-state index is 12.7. The van der Waals surface area contributed by atoms with E-state index in [4.69, 9.17) is 11.5 Å². The van der Waals surface area contributed by atoms with Crippen LogP contribution in [0.3, 0.4) is 0 Å². The number of likely N-dealkylation sites (tertiary alicyclic amines) is 1. The predicted molar refractivity (Wildman–Crippen MR) is 147 cm³/mol. The van der Waals surface area contributed by atoms with E-state index in [1.54, 1.807) is 35.9 Å². The van der Waals surface area contributed by atoms with E-state index in [1.165, 1.54) is 10.1 Å². The van der Waals surface area contributed by atoms with Gasteiger partial charge in [-0.3, -0.25) is 19.6 Å². The van der Waals surface area contributed by atoms with Gasteiger partial charge in [-0.2, -0.15) is 4.98 Å². The quantitative estimate of drug-likeness (QED) is 0.536. The van der Waals surface area contributed by atoms with Crippen molar-refractivity contribution < 1.29 is 9.59 Å². The molecule has 3 heterocycles. The van der Waals surface area contributed by atoms with Gasteiger partial charge in [0.1, 0.15) is 5.82 Å². The van der Waals surface area contributed by atoms with Crippen molar-refractivity contribution >= 4 is 17.8 Å². The van der Waals surface area contributed by atoms with Gasteiger partial charge in [0, 0.05) is 51.0 Å². The van der Waals surface area contributed by atoms with Gasteiger partial charge in [0.15, 0.2) is 0 Å². The summed E-state index contributed by atoms with van der Waals surface area (Å²) in [4.78, 5) is 47.5. The molecule has 2 aliphatic heterocycles. The van der Waals surface area contributed by atoms with Gasteiger partial charge in [-0.05, 0) is 70.3 Å². The van der Waals surface area contributed by atoms with Crippen LogP contribution >= 0.6 is 0 Å². The van der Waals surface area contributed by atoms with Crippen LogP contribution in [0.15, 0.2) is 41.3 Å². The van der Waals surface area contributed by atoms with Crippen molar-refractivity contribution in [3.05, 3.63) is 52.6 Å². The maximum Gasteiger partial charge on any atom is 0.354 e. The molecule has 38 heavy (non-hydrogen) atoms. The first-order valence-corrected chi connectivity index (χ1v) is 13.3. The van der Waals surface area contributed by atoms with Crippen LogP contribution in [-0.4, -0.2) is 86.5 Å². The Kier molecular flexibility index (Phi) is 8.19. The molecule has 4 rings (SSSR count). The van der Waals surface area contributed by atoms with E-state index in [0.717, 1.165) is 38.9 Å². The molecule has 3 amide bonds. The molecule has 2 saturated heterocycles. The number of carbonyl (C=O) groups is 2. The van der Waals surface area contributed by atoms with Crippen molar-refractivity contribution in [1.29, 1.82) is 0 Å². The lowest BCUT2D eigenvalue weighted by Crippen LogP contribution is -2.58. The molecule has 0 saturated carbocycles. The molecule has 11 heteroatoms. The van der Waals surface area contributed by atoms with Crippen molar-refractivity contribution in [3.63, 3.8) is 0 Å². The summed E-state index contributed by atoms with van der Waals surface area (Å²) in [5.74, 6) is 0.0412. The topological polar surface area (TPSA) is 143 Å². The minimum atomic E-state index is -0.946. The van der Waals surface area contributed by atoms with Crippen LogP contribution in [0.5, 0.6) is 0 Å². The van der Waals surface area contributed by atoms with Crippen LogP contribution in [0.1, 0.15) is 45.6 Å². The van der Waals surface area contributed by atoms with E-state index in [2.05, 4.69) is 22.1 Å². The number of urea groups is 1. The fraction of sp³-hybridized carbons (Fsp3) is 0.556. The van der Waals surface area contributed by atoms with Crippen molar-refractivity contribution in [2.75, 3.05) is 44.6 Å². The van der Waals surface area contributed by atoms with Crippen LogP contribution in [0, 0.1) is 0 Å². The standard InChI is InChI=1S/C27H40N8O3/c1-26(2,28)23(36)33-15-17-34(18-16-33)24(37)30-22-9-13-35(25(38)31-22)21-7-5-20(6-8-21)19-32-12-4-10-27(3,29)11-14-32/h5-9,13H,4,10-12,14-19,28-29H2,1-3H3,(H,30,31,37,38). The number of nitrogens with one attached hydrogen (secondary N) is 1. The number of hydrogen-bond acceptors (Lipinski definition) is 7. The first-order chi connectivity index (χ1) is 17.9. The Balaban J connectivity index is 1.32. The highest BCUT2D eigenvalue weighted by molar-refractivity contribution is 5.89. The Bertz CT molecular complexity index is 1190. The summed E-state index contributed by atoms with van der Waals surface area (Å²) in [7, 11) is 0. The minimum absolute atomic E-state index is 0.0876. The molecule has 206 valence electrons. The summed E-state index contributed by atoms with van der Waals surface area (Å²) >= 11 is 0. The van der Waals surface area contributed by atoms with Gasteiger partial charge in [0.05, 0.1) is 11.2 Å². The van der Waals surface area contributed by atoms with Gasteiger partial charge in [-0.15, -0.1) is 0 Å². The summed E-state index contributed by atoms with van der Waals surface area (Å²) in [5.41, 5.74) is 12.6. The van der Waals surface area contributed by atoms with Gasteiger partial charge in [0.2, 0.25) is 5.91 Å². The highest BCUT2D eigenvalue weighted by Crippen LogP contribution is 2.21. The average Bonchev–Trinajstić information content (AvgIpc) is 3.04. The summed E-state index contributed by atoms with van der Waals surface area (Å²) in [6.45, 7) is 9.89. The third-order valence-corrected chi connectivity index (χ3v) is 7.29. The number of amides is 3. The summed E-state index contributed by atoms with van der Waals surface area (Å²) < 4.78 is 1.45. The fourth-order valence-electron chi connectivity index (χ4n) is 4.91. The smallest absolute Gasteiger partial charge is 0.338 e. The van der Waals surface area contributed by atoms with Crippen LogP contribution < -0.4 is 22.5 Å². The molecule has 11 nitrogen and oxygen atoms in total. The van der Waals surface area contributed by atoms with Crippen LogP contribution in [0.4, 0.5) is 10.6 Å². The Labute approximate surface area is 223 Å². The molecule has 1 aromatic heterocycles. The Morgan fingerprint density at radius 3 is 2.29 bits per heavy atom. The number of nitrogens with zero attached hydrogens (tertiary/aromatic N) is 5. The van der Waals surface area contributed by atoms with E-state index in [1.807, 2.05) is 24.3 Å². The molecule has 0 aliphatic carbocycles. The molecular weight excluding hydrogens is 484 g/mol. The molecule has 2 aliphatic rings. The number of carbonyl (C=O) groups excluding carboxylic acids is 2. The Morgan fingerprint density at radius 1 is 1.00 bits per heavy atom. The van der Waals surface area contributed by atoms with E-state index in [-0.39, 0.29) is 23.3 Å². The lowest BCUT2D eigenvalue weighted by Gasteiger charge is -2.37. The zero-order chi connectivity index (χ0) is 27.5. The minimum Gasteiger partial charge on any atom is -0.338 e. The van der Waals surface area contributed by atoms with Gasteiger partial charge >= 0.3 is 11.7 Å². The van der Waals surface area contributed by atoms with E-state index < -0.39 is 11.2 Å². The largest absolute Gasteiger partial charge is 0.354 e. The second-order valence-electron chi connectivity index (χ2n) is 11.3. The van der Waals surface area contributed by atoms with Crippen molar-refractivity contribution in [2.24, 2.45) is 11.5 Å². The summed E-state index contributed by atoms with van der Waals surface area (Å²) in [6, 6.07) is 9.11. The number of hydrogen-bond donors (Lipinski definition) is 3. The van der Waals surface area contributed by atoms with E-state index in [9.17, 15) is 14.4 Å². The molecule has 0 radical (unpaired) electrons. The summed E-state index contributed by atoms with van der Waals surface area (Å²) in [5, 5.41) is 2.69. The number of piperazine rings is 1. The number of rotatable bonds is 5. The Hall–Kier alpha value is -3.28. The van der Waals surface area contributed by atoms with Crippen LogP contribution in [-0.2, 0) is 11.3 Å². The number of benzene rings is 1. The first kappa shape index (κ1) is 27.7. The van der Waals surface area contributed by atoms with E-state index in [0.29, 0.717) is 31.9 Å². The Morgan fingerprint density at radius 2 is 1.66 bits per heavy atom. The molecule has 0 bridgehead atoms. The third-order valence-electron chi connectivity index (χ3n) is 7.29. The first-order valence-electron chi connectivity index (χ1n) is 13.3. The second-order valence-corrected chi connectivity index (χ2v) is 11.3. The van der Waals surface area contributed by atoms with Gasteiger partial charge in [-0.1, -0.05) is 12.1 Å². The molecule has 1 unspecified atom stereocenters. The zero-order valence-electron chi connectivity index (χ0n) is 22.7. The number of aromatic nitrogens is 2. The highest BCUT2D eigenvalue weighted by atomic mass is 16.2. The normalized spacial score (nSPS) is 21.2. The van der Waals surface area contributed by atoms with Crippen molar-refractivity contribution in [1.82, 2.24) is 24.3 Å².